The van der Waals surface area contributed by atoms with Crippen LogP contribution >= 0.6 is 11.3 Å². The van der Waals surface area contributed by atoms with Crippen molar-refractivity contribution in [2.45, 2.75) is 45.7 Å². The van der Waals surface area contributed by atoms with Gasteiger partial charge in [-0.2, -0.15) is 5.10 Å². The van der Waals surface area contributed by atoms with Gasteiger partial charge in [0, 0.05) is 54.4 Å². The molecule has 0 fully saturated rings. The molecule has 4 rings (SSSR count). The third-order valence-corrected chi connectivity index (χ3v) is 6.87. The zero-order valence-electron chi connectivity index (χ0n) is 20.3. The van der Waals surface area contributed by atoms with E-state index in [0.717, 1.165) is 27.3 Å². The van der Waals surface area contributed by atoms with Gasteiger partial charge in [0.1, 0.15) is 5.78 Å². The Morgan fingerprint density at radius 2 is 1.56 bits per heavy atom. The number of rotatable bonds is 12. The second-order valence-corrected chi connectivity index (χ2v) is 9.99. The van der Waals surface area contributed by atoms with Gasteiger partial charge >= 0.3 is 0 Å². The highest BCUT2D eigenvalue weighted by molar-refractivity contribution is 7.14. The Hall–Kier alpha value is -3.84. The molecule has 0 aliphatic heterocycles. The molecule has 7 heteroatoms. The number of Topliss-reactive ketones (excluding diaryl/α,β-unsaturated/α-hetero) is 2. The summed E-state index contributed by atoms with van der Waals surface area (Å²) in [6, 6.07) is 23.7. The molecule has 2 aromatic heterocycles. The van der Waals surface area contributed by atoms with Crippen molar-refractivity contribution in [2.24, 2.45) is 0 Å². The smallest absolute Gasteiger partial charge is 0.220 e. The molecule has 0 saturated carbocycles. The van der Waals surface area contributed by atoms with Crippen LogP contribution in [0.5, 0.6) is 0 Å². The minimum absolute atomic E-state index is 0.0214. The van der Waals surface area contributed by atoms with Crippen LogP contribution in [-0.4, -0.2) is 27.3 Å². The van der Waals surface area contributed by atoms with Crippen molar-refractivity contribution in [3.05, 3.63) is 99.9 Å². The van der Waals surface area contributed by atoms with Gasteiger partial charge in [-0.3, -0.25) is 19.1 Å². The third kappa shape index (κ3) is 7.09. The molecule has 184 valence electrons. The zero-order chi connectivity index (χ0) is 25.3. The number of hydrogen-bond donors (Lipinski definition) is 1. The minimum atomic E-state index is -0.196. The van der Waals surface area contributed by atoms with Crippen molar-refractivity contribution < 1.29 is 14.4 Å². The van der Waals surface area contributed by atoms with Crippen LogP contribution in [0.3, 0.4) is 0 Å². The molecule has 0 bridgehead atoms. The minimum Gasteiger partial charge on any atom is -0.352 e. The van der Waals surface area contributed by atoms with Crippen molar-refractivity contribution in [1.29, 1.82) is 0 Å². The highest BCUT2D eigenvalue weighted by atomic mass is 32.1. The van der Waals surface area contributed by atoms with Crippen molar-refractivity contribution in [3.63, 3.8) is 0 Å². The van der Waals surface area contributed by atoms with Crippen molar-refractivity contribution in [3.8, 4) is 11.3 Å². The summed E-state index contributed by atoms with van der Waals surface area (Å²) in [6.45, 7) is 2.90. The Bertz CT molecular complexity index is 1330. The quantitative estimate of drug-likeness (QED) is 0.257. The van der Waals surface area contributed by atoms with E-state index in [1.807, 2.05) is 72.4 Å². The Morgan fingerprint density at radius 3 is 2.25 bits per heavy atom. The van der Waals surface area contributed by atoms with Crippen LogP contribution in [0.2, 0.25) is 0 Å². The number of carbonyl (C=O) groups excluding carboxylic acids is 3. The number of thiophene rings is 1. The van der Waals surface area contributed by atoms with Crippen LogP contribution in [0.25, 0.3) is 11.3 Å². The van der Waals surface area contributed by atoms with E-state index in [2.05, 4.69) is 17.4 Å². The lowest BCUT2D eigenvalue weighted by molar-refractivity contribution is -0.125. The van der Waals surface area contributed by atoms with Gasteiger partial charge in [-0.15, -0.1) is 11.3 Å². The first-order valence-corrected chi connectivity index (χ1v) is 12.8. The number of benzene rings is 2. The topological polar surface area (TPSA) is 81.1 Å². The average Bonchev–Trinajstić information content (AvgIpc) is 3.52. The first kappa shape index (κ1) is 25.3. The predicted octanol–water partition coefficient (Wildman–Crippen LogP) is 5.60. The van der Waals surface area contributed by atoms with Crippen molar-refractivity contribution >= 4 is 28.8 Å². The van der Waals surface area contributed by atoms with Crippen LogP contribution < -0.4 is 5.32 Å². The van der Waals surface area contributed by atoms with Crippen LogP contribution in [0.15, 0.2) is 79.0 Å². The van der Waals surface area contributed by atoms with Crippen LogP contribution in [0.4, 0.5) is 0 Å². The van der Waals surface area contributed by atoms with Gasteiger partial charge in [0.05, 0.1) is 17.1 Å². The molecule has 0 spiro atoms. The summed E-state index contributed by atoms with van der Waals surface area (Å²) in [7, 11) is 0. The fourth-order valence-electron chi connectivity index (χ4n) is 3.90. The fourth-order valence-corrected chi connectivity index (χ4v) is 4.74. The molecule has 1 N–H and O–H groups in total. The molecule has 1 amide bonds. The Morgan fingerprint density at radius 1 is 0.861 bits per heavy atom. The molecule has 0 unspecified atom stereocenters. The largest absolute Gasteiger partial charge is 0.352 e. The predicted molar refractivity (Wildman–Crippen MR) is 142 cm³/mol. The number of hydrogen-bond acceptors (Lipinski definition) is 5. The van der Waals surface area contributed by atoms with Gasteiger partial charge in [0.2, 0.25) is 5.91 Å². The molecule has 2 heterocycles. The molecule has 0 atom stereocenters. The van der Waals surface area contributed by atoms with Crippen LogP contribution in [-0.2, 0) is 22.7 Å². The molecular weight excluding hydrogens is 470 g/mol. The molecule has 0 radical (unpaired) electrons. The molecular formula is C29H29N3O3S. The van der Waals surface area contributed by atoms with Gasteiger partial charge in [-0.1, -0.05) is 60.7 Å². The molecule has 0 aliphatic rings. The SMILES string of the molecule is Cc1ccc(C(=O)CCC(=O)CCC(=O)NCc2cn(Cc3ccccc3)nc2-c2ccccc2)s1. The number of aromatic nitrogens is 2. The maximum absolute atomic E-state index is 12.5. The summed E-state index contributed by atoms with van der Waals surface area (Å²) in [6.07, 6.45) is 2.53. The lowest BCUT2D eigenvalue weighted by Crippen LogP contribution is -2.23. The number of amides is 1. The summed E-state index contributed by atoms with van der Waals surface area (Å²) in [5, 5.41) is 7.70. The molecule has 36 heavy (non-hydrogen) atoms. The van der Waals surface area contributed by atoms with E-state index in [1.165, 1.54) is 11.3 Å². The normalized spacial score (nSPS) is 10.8. The third-order valence-electron chi connectivity index (χ3n) is 5.83. The highest BCUT2D eigenvalue weighted by Gasteiger charge is 2.15. The molecule has 2 aromatic carbocycles. The Labute approximate surface area is 215 Å². The van der Waals surface area contributed by atoms with Gasteiger partial charge in [-0.05, 0) is 24.6 Å². The Balaban J connectivity index is 1.30. The monoisotopic (exact) mass is 499 g/mol. The summed E-state index contributed by atoms with van der Waals surface area (Å²) in [5.41, 5.74) is 3.86. The number of nitrogens with zero attached hydrogens (tertiary/aromatic N) is 2. The molecule has 4 aromatic rings. The lowest BCUT2D eigenvalue weighted by Gasteiger charge is -2.06. The highest BCUT2D eigenvalue weighted by Crippen LogP contribution is 2.22. The van der Waals surface area contributed by atoms with E-state index in [1.54, 1.807) is 6.07 Å². The van der Waals surface area contributed by atoms with Crippen molar-refractivity contribution in [2.75, 3.05) is 0 Å². The number of ketones is 2. The van der Waals surface area contributed by atoms with Crippen LogP contribution in [0, 0.1) is 6.92 Å². The number of carbonyl (C=O) groups is 3. The maximum atomic E-state index is 12.5. The van der Waals surface area contributed by atoms with E-state index >= 15 is 0 Å². The van der Waals surface area contributed by atoms with E-state index < -0.39 is 0 Å². The van der Waals surface area contributed by atoms with Gasteiger partial charge in [0.15, 0.2) is 5.78 Å². The molecule has 0 saturated heterocycles. The number of aryl methyl sites for hydroxylation is 1. The maximum Gasteiger partial charge on any atom is 0.220 e. The second-order valence-electron chi connectivity index (χ2n) is 8.70. The van der Waals surface area contributed by atoms with Gasteiger partial charge < -0.3 is 5.32 Å². The van der Waals surface area contributed by atoms with Crippen LogP contribution in [0.1, 0.15) is 51.4 Å². The Kier molecular flexibility index (Phi) is 8.57. The van der Waals surface area contributed by atoms with Crippen molar-refractivity contribution in [1.82, 2.24) is 15.1 Å². The van der Waals surface area contributed by atoms with E-state index in [9.17, 15) is 14.4 Å². The summed E-state index contributed by atoms with van der Waals surface area (Å²) in [5.74, 6) is -0.294. The fraction of sp³-hybridized carbons (Fsp3) is 0.241. The first-order chi connectivity index (χ1) is 17.5. The van der Waals surface area contributed by atoms with E-state index in [4.69, 9.17) is 5.10 Å². The zero-order valence-corrected chi connectivity index (χ0v) is 21.1. The lowest BCUT2D eigenvalue weighted by atomic mass is 10.1. The van der Waals surface area contributed by atoms with E-state index in [0.29, 0.717) is 18.0 Å². The second kappa shape index (κ2) is 12.2. The summed E-state index contributed by atoms with van der Waals surface area (Å²) < 4.78 is 1.88. The summed E-state index contributed by atoms with van der Waals surface area (Å²) >= 11 is 1.44. The van der Waals surface area contributed by atoms with Gasteiger partial charge in [-0.25, -0.2) is 0 Å². The summed E-state index contributed by atoms with van der Waals surface area (Å²) in [4.78, 5) is 38.7. The van der Waals surface area contributed by atoms with E-state index in [-0.39, 0.29) is 43.2 Å². The average molecular weight is 500 g/mol. The standard InChI is InChI=1S/C29H29N3O3S/c1-21-12-16-27(36-21)26(34)15-13-25(33)14-17-28(35)30-18-24-20-32(19-22-8-4-2-5-9-22)31-29(24)23-10-6-3-7-11-23/h2-12,16,20H,13-15,17-19H2,1H3,(H,30,35). The molecule has 0 aliphatic carbocycles. The number of nitrogens with one attached hydrogen (secondary N) is 1. The first-order valence-electron chi connectivity index (χ1n) is 12.0. The molecule has 6 nitrogen and oxygen atoms in total. The van der Waals surface area contributed by atoms with Gasteiger partial charge in [0.25, 0.3) is 0 Å².